The highest BCUT2D eigenvalue weighted by Gasteiger charge is 2.07. The van der Waals surface area contributed by atoms with Crippen LogP contribution in [0.4, 0.5) is 5.69 Å². The first kappa shape index (κ1) is 18.3. The predicted molar refractivity (Wildman–Crippen MR) is 108 cm³/mol. The standard InChI is InChI=1S/C23H21NO3/c1-17(16-22(25)18-8-4-3-5-9-18)24-21-10-6-7-11-23(21)27-20-14-12-19(26-2)13-15-20/h3-16,24H,1-2H3/b17-16-. The summed E-state index contributed by atoms with van der Waals surface area (Å²) in [6.07, 6.45) is 1.58. The Morgan fingerprint density at radius 3 is 2.19 bits per heavy atom. The largest absolute Gasteiger partial charge is 0.497 e. The molecule has 0 amide bonds. The fourth-order valence-electron chi connectivity index (χ4n) is 2.56. The van der Waals surface area contributed by atoms with Crippen LogP contribution in [0.15, 0.2) is 90.6 Å². The van der Waals surface area contributed by atoms with Gasteiger partial charge in [-0.1, -0.05) is 42.5 Å². The lowest BCUT2D eigenvalue weighted by atomic mass is 10.1. The maximum Gasteiger partial charge on any atom is 0.187 e. The first-order valence-electron chi connectivity index (χ1n) is 8.61. The summed E-state index contributed by atoms with van der Waals surface area (Å²) in [5.74, 6) is 2.09. The summed E-state index contributed by atoms with van der Waals surface area (Å²) in [4.78, 5) is 12.3. The van der Waals surface area contributed by atoms with Crippen LogP contribution in [0, 0.1) is 0 Å². The first-order chi connectivity index (χ1) is 13.2. The molecule has 0 aliphatic carbocycles. The summed E-state index contributed by atoms with van der Waals surface area (Å²) in [5, 5.41) is 3.24. The Bertz CT molecular complexity index is 931. The zero-order valence-corrected chi connectivity index (χ0v) is 15.3. The fraction of sp³-hybridized carbons (Fsp3) is 0.0870. The molecule has 136 valence electrons. The number of methoxy groups -OCH3 is 1. The Morgan fingerprint density at radius 1 is 0.852 bits per heavy atom. The van der Waals surface area contributed by atoms with Crippen LogP contribution in [-0.2, 0) is 0 Å². The van der Waals surface area contributed by atoms with Crippen molar-refractivity contribution >= 4 is 11.5 Å². The number of nitrogens with one attached hydrogen (secondary N) is 1. The van der Waals surface area contributed by atoms with Gasteiger partial charge in [-0.25, -0.2) is 0 Å². The number of rotatable bonds is 7. The molecule has 0 radical (unpaired) electrons. The molecule has 0 saturated heterocycles. The topological polar surface area (TPSA) is 47.6 Å². The molecule has 3 aromatic rings. The van der Waals surface area contributed by atoms with Crippen LogP contribution in [-0.4, -0.2) is 12.9 Å². The monoisotopic (exact) mass is 359 g/mol. The average Bonchev–Trinajstić information content (AvgIpc) is 2.70. The van der Waals surface area contributed by atoms with Gasteiger partial charge in [-0.2, -0.15) is 0 Å². The molecule has 0 bridgehead atoms. The van der Waals surface area contributed by atoms with Crippen molar-refractivity contribution in [2.45, 2.75) is 6.92 Å². The summed E-state index contributed by atoms with van der Waals surface area (Å²) in [5.41, 5.74) is 2.17. The van der Waals surface area contributed by atoms with Gasteiger partial charge in [0.1, 0.15) is 11.5 Å². The minimum absolute atomic E-state index is 0.0471. The molecule has 27 heavy (non-hydrogen) atoms. The summed E-state index contributed by atoms with van der Waals surface area (Å²) < 4.78 is 11.1. The zero-order chi connectivity index (χ0) is 19.1. The highest BCUT2D eigenvalue weighted by atomic mass is 16.5. The molecule has 3 rings (SSSR count). The summed E-state index contributed by atoms with van der Waals surface area (Å²) in [6.45, 7) is 1.85. The maximum atomic E-state index is 12.3. The summed E-state index contributed by atoms with van der Waals surface area (Å²) >= 11 is 0. The molecule has 4 nitrogen and oxygen atoms in total. The van der Waals surface area contributed by atoms with Crippen LogP contribution in [0.3, 0.4) is 0 Å². The van der Waals surface area contributed by atoms with Gasteiger partial charge < -0.3 is 14.8 Å². The second kappa shape index (κ2) is 8.72. The highest BCUT2D eigenvalue weighted by Crippen LogP contribution is 2.31. The molecule has 0 aliphatic heterocycles. The normalized spacial score (nSPS) is 11.0. The number of hydrogen-bond acceptors (Lipinski definition) is 4. The number of para-hydroxylation sites is 2. The number of benzene rings is 3. The third-order valence-electron chi connectivity index (χ3n) is 3.91. The van der Waals surface area contributed by atoms with Gasteiger partial charge in [0, 0.05) is 17.3 Å². The molecule has 0 unspecified atom stereocenters. The van der Waals surface area contributed by atoms with Crippen LogP contribution < -0.4 is 14.8 Å². The second-order valence-electron chi connectivity index (χ2n) is 5.96. The van der Waals surface area contributed by atoms with E-state index >= 15 is 0 Å². The minimum Gasteiger partial charge on any atom is -0.497 e. The van der Waals surface area contributed by atoms with Crippen LogP contribution >= 0.6 is 0 Å². The molecular formula is C23H21NO3. The van der Waals surface area contributed by atoms with E-state index in [4.69, 9.17) is 9.47 Å². The smallest absolute Gasteiger partial charge is 0.187 e. The van der Waals surface area contributed by atoms with Crippen molar-refractivity contribution in [2.75, 3.05) is 12.4 Å². The van der Waals surface area contributed by atoms with E-state index < -0.39 is 0 Å². The third kappa shape index (κ3) is 4.98. The van der Waals surface area contributed by atoms with Crippen LogP contribution in [0.5, 0.6) is 17.2 Å². The van der Waals surface area contributed by atoms with Crippen LogP contribution in [0.2, 0.25) is 0 Å². The van der Waals surface area contributed by atoms with E-state index in [0.29, 0.717) is 17.1 Å². The zero-order valence-electron chi connectivity index (χ0n) is 15.3. The Morgan fingerprint density at radius 2 is 1.48 bits per heavy atom. The number of ether oxygens (including phenoxy) is 2. The quantitative estimate of drug-likeness (QED) is 0.435. The van der Waals surface area contributed by atoms with E-state index in [0.717, 1.165) is 17.1 Å². The number of allylic oxidation sites excluding steroid dienone is 2. The fourth-order valence-corrected chi connectivity index (χ4v) is 2.56. The van der Waals surface area contributed by atoms with Gasteiger partial charge in [0.05, 0.1) is 12.8 Å². The minimum atomic E-state index is -0.0471. The first-order valence-corrected chi connectivity index (χ1v) is 8.61. The van der Waals surface area contributed by atoms with E-state index in [1.807, 2.05) is 73.7 Å². The number of hydrogen-bond donors (Lipinski definition) is 1. The van der Waals surface area contributed by atoms with Crippen molar-refractivity contribution in [3.05, 3.63) is 96.2 Å². The lowest BCUT2D eigenvalue weighted by molar-refractivity contribution is 0.104. The van der Waals surface area contributed by atoms with E-state index in [9.17, 15) is 4.79 Å². The van der Waals surface area contributed by atoms with Crippen molar-refractivity contribution in [2.24, 2.45) is 0 Å². The van der Waals surface area contributed by atoms with Gasteiger partial charge in [0.2, 0.25) is 0 Å². The van der Waals surface area contributed by atoms with Crippen molar-refractivity contribution in [1.82, 2.24) is 0 Å². The molecule has 4 heteroatoms. The molecule has 0 heterocycles. The van der Waals surface area contributed by atoms with Gasteiger partial charge >= 0.3 is 0 Å². The van der Waals surface area contributed by atoms with Crippen LogP contribution in [0.25, 0.3) is 0 Å². The number of anilines is 1. The SMILES string of the molecule is COc1ccc(Oc2ccccc2N/C(C)=C\C(=O)c2ccccc2)cc1. The molecule has 0 aliphatic rings. The van der Waals surface area contributed by atoms with E-state index in [1.165, 1.54) is 0 Å². The number of ketones is 1. The van der Waals surface area contributed by atoms with E-state index in [-0.39, 0.29) is 5.78 Å². The van der Waals surface area contributed by atoms with E-state index in [2.05, 4.69) is 5.32 Å². The summed E-state index contributed by atoms with van der Waals surface area (Å²) in [7, 11) is 1.63. The van der Waals surface area contributed by atoms with E-state index in [1.54, 1.807) is 25.3 Å². The third-order valence-corrected chi connectivity index (χ3v) is 3.91. The molecule has 0 atom stereocenters. The molecule has 1 N–H and O–H groups in total. The van der Waals surface area contributed by atoms with Gasteiger partial charge in [0.15, 0.2) is 11.5 Å². The van der Waals surface area contributed by atoms with Gasteiger partial charge in [-0.05, 0) is 43.3 Å². The Balaban J connectivity index is 1.75. The molecule has 3 aromatic carbocycles. The molecule has 0 saturated carbocycles. The van der Waals surface area contributed by atoms with Crippen molar-refractivity contribution in [3.8, 4) is 17.2 Å². The van der Waals surface area contributed by atoms with Crippen molar-refractivity contribution in [3.63, 3.8) is 0 Å². The lowest BCUT2D eigenvalue weighted by Gasteiger charge is -2.13. The Hall–Kier alpha value is -3.53. The van der Waals surface area contributed by atoms with Crippen molar-refractivity contribution < 1.29 is 14.3 Å². The Kier molecular flexibility index (Phi) is 5.90. The molecule has 0 fully saturated rings. The molecule has 0 spiro atoms. The highest BCUT2D eigenvalue weighted by molar-refractivity contribution is 6.05. The second-order valence-corrected chi connectivity index (χ2v) is 5.96. The van der Waals surface area contributed by atoms with Gasteiger partial charge in [-0.15, -0.1) is 0 Å². The van der Waals surface area contributed by atoms with Gasteiger partial charge in [-0.3, -0.25) is 4.79 Å². The van der Waals surface area contributed by atoms with Gasteiger partial charge in [0.25, 0.3) is 0 Å². The van der Waals surface area contributed by atoms with Crippen molar-refractivity contribution in [1.29, 1.82) is 0 Å². The average molecular weight is 359 g/mol. The number of carbonyl (C=O) groups excluding carboxylic acids is 1. The Labute approximate surface area is 159 Å². The summed E-state index contributed by atoms with van der Waals surface area (Å²) in [6, 6.07) is 24.1. The molecular weight excluding hydrogens is 338 g/mol. The maximum absolute atomic E-state index is 12.3. The lowest BCUT2D eigenvalue weighted by Crippen LogP contribution is -2.02. The predicted octanol–water partition coefficient (Wildman–Crippen LogP) is 5.69. The molecule has 0 aromatic heterocycles. The van der Waals surface area contributed by atoms with Crippen LogP contribution in [0.1, 0.15) is 17.3 Å². The number of carbonyl (C=O) groups is 1.